The molecule has 2 heterocycles. The van der Waals surface area contributed by atoms with Gasteiger partial charge in [-0.15, -0.1) is 21.5 Å². The van der Waals surface area contributed by atoms with Crippen LogP contribution in [0.4, 0.5) is 0 Å². The van der Waals surface area contributed by atoms with E-state index >= 15 is 0 Å². The minimum atomic E-state index is 0.0732. The van der Waals surface area contributed by atoms with Gasteiger partial charge in [0.05, 0.1) is 10.6 Å². The third-order valence-electron chi connectivity index (χ3n) is 5.18. The summed E-state index contributed by atoms with van der Waals surface area (Å²) in [5.41, 5.74) is 1.000. The molecule has 1 aromatic carbocycles. The summed E-state index contributed by atoms with van der Waals surface area (Å²) in [5, 5.41) is 14.8. The predicted octanol–water partition coefficient (Wildman–Crippen LogP) is 4.78. The Morgan fingerprint density at radius 3 is 2.75 bits per heavy atom. The molecule has 1 fully saturated rings. The molecule has 0 aliphatic heterocycles. The lowest BCUT2D eigenvalue weighted by molar-refractivity contribution is -0.119. The molecule has 5 nitrogen and oxygen atoms in total. The van der Waals surface area contributed by atoms with Crippen LogP contribution in [-0.2, 0) is 4.79 Å². The highest BCUT2D eigenvalue weighted by atomic mass is 32.2. The summed E-state index contributed by atoms with van der Waals surface area (Å²) >= 11 is 3.07. The fraction of sp³-hybridized carbons (Fsp3) is 0.381. The fourth-order valence-corrected chi connectivity index (χ4v) is 5.11. The summed E-state index contributed by atoms with van der Waals surface area (Å²) in [6.07, 6.45) is 4.76. The van der Waals surface area contributed by atoms with E-state index in [0.717, 1.165) is 28.0 Å². The molecule has 4 rings (SSSR count). The number of carbonyl (C=O) groups excluding carboxylic acids is 1. The maximum absolute atomic E-state index is 12.5. The molecule has 0 bridgehead atoms. The van der Waals surface area contributed by atoms with Crippen molar-refractivity contribution in [1.29, 1.82) is 0 Å². The number of para-hydroxylation sites is 1. The van der Waals surface area contributed by atoms with Crippen LogP contribution in [0, 0.1) is 5.92 Å². The lowest BCUT2D eigenvalue weighted by atomic mass is 9.86. The van der Waals surface area contributed by atoms with Gasteiger partial charge in [-0.1, -0.05) is 55.8 Å². The number of hydrogen-bond acceptors (Lipinski definition) is 5. The molecule has 1 aliphatic rings. The second-order valence-electron chi connectivity index (χ2n) is 7.18. The first-order chi connectivity index (χ1) is 13.7. The van der Waals surface area contributed by atoms with Gasteiger partial charge in [-0.25, -0.2) is 0 Å². The van der Waals surface area contributed by atoms with Crippen LogP contribution in [0.2, 0.25) is 0 Å². The number of thioether (sulfide) groups is 1. The number of hydrogen-bond donors (Lipinski definition) is 1. The summed E-state index contributed by atoms with van der Waals surface area (Å²) < 4.78 is 2.03. The molecule has 1 saturated carbocycles. The molecule has 0 saturated heterocycles. The van der Waals surface area contributed by atoms with E-state index in [2.05, 4.69) is 22.4 Å². The van der Waals surface area contributed by atoms with Crippen LogP contribution in [0.1, 0.15) is 32.6 Å². The highest BCUT2D eigenvalue weighted by Gasteiger charge is 2.23. The van der Waals surface area contributed by atoms with Crippen molar-refractivity contribution >= 4 is 29.0 Å². The monoisotopic (exact) mass is 412 g/mol. The van der Waals surface area contributed by atoms with Crippen LogP contribution in [0.3, 0.4) is 0 Å². The molecule has 0 spiro atoms. The van der Waals surface area contributed by atoms with Crippen LogP contribution < -0.4 is 5.32 Å². The first-order valence-corrected chi connectivity index (χ1v) is 11.6. The van der Waals surface area contributed by atoms with E-state index in [1.807, 2.05) is 52.4 Å². The molecule has 0 radical (unpaired) electrons. The normalized spacial score (nSPS) is 19.5. The zero-order valence-corrected chi connectivity index (χ0v) is 17.5. The van der Waals surface area contributed by atoms with Crippen molar-refractivity contribution < 1.29 is 4.79 Å². The third-order valence-corrected chi connectivity index (χ3v) is 6.97. The average molecular weight is 413 g/mol. The lowest BCUT2D eigenvalue weighted by Crippen LogP contribution is -2.41. The Balaban J connectivity index is 1.51. The maximum atomic E-state index is 12.5. The van der Waals surface area contributed by atoms with Crippen molar-refractivity contribution in [3.8, 4) is 16.4 Å². The van der Waals surface area contributed by atoms with Gasteiger partial charge in [0.15, 0.2) is 11.0 Å². The quantitative estimate of drug-likeness (QED) is 0.592. The van der Waals surface area contributed by atoms with Gasteiger partial charge < -0.3 is 5.32 Å². The van der Waals surface area contributed by atoms with E-state index in [4.69, 9.17) is 0 Å². The van der Waals surface area contributed by atoms with Crippen LogP contribution >= 0.6 is 23.1 Å². The highest BCUT2D eigenvalue weighted by molar-refractivity contribution is 7.99. The number of thiophene rings is 1. The van der Waals surface area contributed by atoms with Crippen molar-refractivity contribution in [2.45, 2.75) is 43.8 Å². The molecule has 2 aromatic heterocycles. The minimum absolute atomic E-state index is 0.0732. The van der Waals surface area contributed by atoms with E-state index < -0.39 is 0 Å². The summed E-state index contributed by atoms with van der Waals surface area (Å²) in [7, 11) is 0. The number of nitrogens with zero attached hydrogens (tertiary/aromatic N) is 3. The number of aromatic nitrogens is 3. The molecular formula is C21H24N4OS2. The van der Waals surface area contributed by atoms with Crippen molar-refractivity contribution in [3.63, 3.8) is 0 Å². The first kappa shape index (κ1) is 19.2. The average Bonchev–Trinajstić information content (AvgIpc) is 3.38. The molecule has 3 aromatic rings. The van der Waals surface area contributed by atoms with E-state index in [1.54, 1.807) is 11.3 Å². The topological polar surface area (TPSA) is 59.8 Å². The summed E-state index contributed by atoms with van der Waals surface area (Å²) in [6, 6.07) is 14.4. The van der Waals surface area contributed by atoms with Crippen molar-refractivity contribution in [2.75, 3.05) is 5.75 Å². The molecule has 1 amide bonds. The van der Waals surface area contributed by atoms with Gasteiger partial charge >= 0.3 is 0 Å². The molecule has 146 valence electrons. The molecule has 1 N–H and O–H groups in total. The molecule has 28 heavy (non-hydrogen) atoms. The molecule has 2 atom stereocenters. The van der Waals surface area contributed by atoms with Crippen LogP contribution in [0.15, 0.2) is 53.0 Å². The van der Waals surface area contributed by atoms with E-state index in [9.17, 15) is 4.79 Å². The number of amides is 1. The summed E-state index contributed by atoms with van der Waals surface area (Å²) in [4.78, 5) is 13.6. The number of nitrogens with one attached hydrogen (secondary N) is 1. The number of rotatable bonds is 6. The van der Waals surface area contributed by atoms with E-state index in [1.165, 1.54) is 31.0 Å². The largest absolute Gasteiger partial charge is 0.352 e. The van der Waals surface area contributed by atoms with Gasteiger partial charge in [0, 0.05) is 11.7 Å². The maximum Gasteiger partial charge on any atom is 0.230 e. The molecule has 7 heteroatoms. The van der Waals surface area contributed by atoms with Gasteiger partial charge in [-0.3, -0.25) is 9.36 Å². The summed E-state index contributed by atoms with van der Waals surface area (Å²) in [5.74, 6) is 1.79. The zero-order valence-electron chi connectivity index (χ0n) is 15.9. The lowest BCUT2D eigenvalue weighted by Gasteiger charge is -2.29. The number of carbonyl (C=O) groups is 1. The smallest absolute Gasteiger partial charge is 0.230 e. The minimum Gasteiger partial charge on any atom is -0.352 e. The van der Waals surface area contributed by atoms with E-state index in [-0.39, 0.29) is 5.91 Å². The van der Waals surface area contributed by atoms with Gasteiger partial charge in [0.25, 0.3) is 0 Å². The van der Waals surface area contributed by atoms with Crippen molar-refractivity contribution in [1.82, 2.24) is 20.1 Å². The second kappa shape index (κ2) is 8.92. The Hall–Kier alpha value is -2.12. The Morgan fingerprint density at radius 2 is 2.00 bits per heavy atom. The predicted molar refractivity (Wildman–Crippen MR) is 115 cm³/mol. The van der Waals surface area contributed by atoms with Crippen LogP contribution in [-0.4, -0.2) is 32.5 Å². The third kappa shape index (κ3) is 4.31. The summed E-state index contributed by atoms with van der Waals surface area (Å²) in [6.45, 7) is 2.23. The van der Waals surface area contributed by atoms with Gasteiger partial charge in [-0.2, -0.15) is 0 Å². The standard InChI is InChI=1S/C21H24N4OS2/c1-15-8-5-6-11-17(15)22-19(26)14-28-21-24-23-20(18-12-7-13-27-18)25(21)16-9-3-2-4-10-16/h2-4,7,9-10,12-13,15,17H,5-6,8,11,14H2,1H3,(H,22,26)/t15-,17-/m1/s1. The van der Waals surface area contributed by atoms with Crippen LogP contribution in [0.5, 0.6) is 0 Å². The molecule has 1 aliphatic carbocycles. The first-order valence-electron chi connectivity index (χ1n) is 9.69. The van der Waals surface area contributed by atoms with Crippen molar-refractivity contribution in [2.24, 2.45) is 5.92 Å². The Kier molecular flexibility index (Phi) is 6.12. The Labute approximate surface area is 173 Å². The van der Waals surface area contributed by atoms with Crippen molar-refractivity contribution in [3.05, 3.63) is 47.8 Å². The molecule has 0 unspecified atom stereocenters. The van der Waals surface area contributed by atoms with Gasteiger partial charge in [0.1, 0.15) is 0 Å². The van der Waals surface area contributed by atoms with Gasteiger partial charge in [0.2, 0.25) is 5.91 Å². The Bertz CT molecular complexity index is 908. The SMILES string of the molecule is C[C@@H]1CCCC[C@H]1NC(=O)CSc1nnc(-c2cccs2)n1-c1ccccc1. The highest BCUT2D eigenvalue weighted by Crippen LogP contribution is 2.30. The molecular weight excluding hydrogens is 388 g/mol. The Morgan fingerprint density at radius 1 is 1.18 bits per heavy atom. The van der Waals surface area contributed by atoms with Gasteiger partial charge in [-0.05, 0) is 42.3 Å². The second-order valence-corrected chi connectivity index (χ2v) is 9.07. The fourth-order valence-electron chi connectivity index (χ4n) is 3.65. The number of benzene rings is 1. The zero-order chi connectivity index (χ0) is 19.3. The van der Waals surface area contributed by atoms with Crippen LogP contribution in [0.25, 0.3) is 16.4 Å². The van der Waals surface area contributed by atoms with E-state index in [0.29, 0.717) is 17.7 Å².